The van der Waals surface area contributed by atoms with Crippen LogP contribution in [0.25, 0.3) is 0 Å². The van der Waals surface area contributed by atoms with Gasteiger partial charge in [-0.3, -0.25) is 0 Å². The predicted octanol–water partition coefficient (Wildman–Crippen LogP) is 0.678. The van der Waals surface area contributed by atoms with E-state index in [0.717, 1.165) is 25.3 Å². The monoisotopic (exact) mass is 181 g/mol. The summed E-state index contributed by atoms with van der Waals surface area (Å²) in [5.74, 6) is 0.908. The van der Waals surface area contributed by atoms with Gasteiger partial charge in [0.1, 0.15) is 12.4 Å². The van der Waals surface area contributed by atoms with E-state index in [-0.39, 0.29) is 0 Å². The fraction of sp³-hybridized carbons (Fsp3) is 0.667. The van der Waals surface area contributed by atoms with Crippen LogP contribution in [0.15, 0.2) is 12.4 Å². The second kappa shape index (κ2) is 4.39. The molecule has 1 atom stereocenters. The number of imidazole rings is 1. The van der Waals surface area contributed by atoms with E-state index >= 15 is 0 Å². The Morgan fingerprint density at radius 3 is 3.31 bits per heavy atom. The van der Waals surface area contributed by atoms with E-state index in [1.165, 1.54) is 6.42 Å². The first-order chi connectivity index (χ1) is 6.45. The van der Waals surface area contributed by atoms with E-state index in [2.05, 4.69) is 15.3 Å². The number of rotatable bonds is 3. The number of H-pyrrole nitrogens is 1. The molecule has 0 bridgehead atoms. The molecule has 1 aromatic rings. The minimum absolute atomic E-state index is 0.360. The van der Waals surface area contributed by atoms with Crippen LogP contribution in [0, 0.1) is 0 Å². The Morgan fingerprint density at radius 2 is 2.62 bits per heavy atom. The summed E-state index contributed by atoms with van der Waals surface area (Å²) in [5, 5.41) is 3.31. The number of aromatic amines is 1. The van der Waals surface area contributed by atoms with Gasteiger partial charge in [0.25, 0.3) is 0 Å². The fourth-order valence-electron chi connectivity index (χ4n) is 1.54. The number of nitrogens with one attached hydrogen (secondary N) is 2. The van der Waals surface area contributed by atoms with E-state index < -0.39 is 0 Å². The lowest BCUT2D eigenvalue weighted by molar-refractivity contribution is 0.0221. The van der Waals surface area contributed by atoms with Crippen molar-refractivity contribution in [1.82, 2.24) is 15.3 Å². The Hall–Kier alpha value is -0.870. The van der Waals surface area contributed by atoms with Crippen LogP contribution in [-0.4, -0.2) is 29.2 Å². The van der Waals surface area contributed by atoms with Crippen LogP contribution in [0.1, 0.15) is 18.7 Å². The van der Waals surface area contributed by atoms with Crippen LogP contribution in [0.3, 0.4) is 0 Å². The zero-order valence-electron chi connectivity index (χ0n) is 7.62. The van der Waals surface area contributed by atoms with Gasteiger partial charge in [-0.05, 0) is 19.4 Å². The maximum Gasteiger partial charge on any atom is 0.132 e. The lowest BCUT2D eigenvalue weighted by atomic mass is 10.1. The van der Waals surface area contributed by atoms with Gasteiger partial charge in [0, 0.05) is 18.9 Å². The molecule has 1 aliphatic rings. The molecule has 0 spiro atoms. The van der Waals surface area contributed by atoms with Crippen molar-refractivity contribution < 1.29 is 4.74 Å². The smallest absolute Gasteiger partial charge is 0.132 e. The summed E-state index contributed by atoms with van der Waals surface area (Å²) in [4.78, 5) is 7.12. The normalized spacial score (nSPS) is 23.2. The second-order valence-corrected chi connectivity index (χ2v) is 3.32. The van der Waals surface area contributed by atoms with Crippen molar-refractivity contribution in [2.45, 2.75) is 25.6 Å². The first-order valence-corrected chi connectivity index (χ1v) is 4.76. The minimum Gasteiger partial charge on any atom is -0.369 e. The summed E-state index contributed by atoms with van der Waals surface area (Å²) < 4.78 is 5.67. The third-order valence-electron chi connectivity index (χ3n) is 2.26. The predicted molar refractivity (Wildman–Crippen MR) is 49.3 cm³/mol. The molecule has 72 valence electrons. The molecule has 2 rings (SSSR count). The molecule has 2 N–H and O–H groups in total. The van der Waals surface area contributed by atoms with Crippen LogP contribution in [0.5, 0.6) is 0 Å². The molecule has 13 heavy (non-hydrogen) atoms. The summed E-state index contributed by atoms with van der Waals surface area (Å²) in [5.41, 5.74) is 0. The van der Waals surface area contributed by atoms with Gasteiger partial charge < -0.3 is 15.0 Å². The van der Waals surface area contributed by atoms with Crippen LogP contribution < -0.4 is 5.32 Å². The highest BCUT2D eigenvalue weighted by Gasteiger charge is 2.13. The topological polar surface area (TPSA) is 49.9 Å². The Balaban J connectivity index is 1.72. The van der Waals surface area contributed by atoms with Crippen molar-refractivity contribution in [3.05, 3.63) is 18.2 Å². The van der Waals surface area contributed by atoms with Crippen LogP contribution in [0.2, 0.25) is 0 Å². The van der Waals surface area contributed by atoms with E-state index in [9.17, 15) is 0 Å². The van der Waals surface area contributed by atoms with E-state index in [4.69, 9.17) is 4.74 Å². The van der Waals surface area contributed by atoms with Gasteiger partial charge >= 0.3 is 0 Å². The zero-order chi connectivity index (χ0) is 8.93. The molecule has 1 aromatic heterocycles. The van der Waals surface area contributed by atoms with Crippen molar-refractivity contribution in [1.29, 1.82) is 0 Å². The molecule has 1 fully saturated rings. The molecule has 4 heteroatoms. The van der Waals surface area contributed by atoms with Crippen molar-refractivity contribution in [2.75, 3.05) is 13.1 Å². The zero-order valence-corrected chi connectivity index (χ0v) is 7.62. The second-order valence-electron chi connectivity index (χ2n) is 3.32. The minimum atomic E-state index is 0.360. The van der Waals surface area contributed by atoms with Crippen molar-refractivity contribution in [2.24, 2.45) is 0 Å². The highest BCUT2D eigenvalue weighted by molar-refractivity contribution is 4.84. The summed E-state index contributed by atoms with van der Waals surface area (Å²) >= 11 is 0. The van der Waals surface area contributed by atoms with E-state index in [1.807, 2.05) is 6.20 Å². The van der Waals surface area contributed by atoms with Gasteiger partial charge in [-0.15, -0.1) is 0 Å². The summed E-state index contributed by atoms with van der Waals surface area (Å²) in [6.45, 7) is 2.70. The average Bonchev–Trinajstić information content (AvgIpc) is 2.69. The molecule has 0 aromatic carbocycles. The van der Waals surface area contributed by atoms with Gasteiger partial charge in [-0.1, -0.05) is 0 Å². The lowest BCUT2D eigenvalue weighted by Crippen LogP contribution is -2.35. The van der Waals surface area contributed by atoms with Crippen molar-refractivity contribution >= 4 is 0 Å². The number of piperidine rings is 1. The standard InChI is InChI=1S/C9H15N3O/c1-2-8(6-10-3-1)13-7-9-11-4-5-12-9/h4-5,8,10H,1-3,6-7H2,(H,11,12). The number of aromatic nitrogens is 2. The summed E-state index contributed by atoms with van der Waals surface area (Å²) in [6, 6.07) is 0. The third-order valence-corrected chi connectivity index (χ3v) is 2.26. The van der Waals surface area contributed by atoms with Crippen LogP contribution in [0.4, 0.5) is 0 Å². The van der Waals surface area contributed by atoms with Gasteiger partial charge in [0.15, 0.2) is 0 Å². The Kier molecular flexibility index (Phi) is 2.94. The van der Waals surface area contributed by atoms with Gasteiger partial charge in [-0.2, -0.15) is 0 Å². The Morgan fingerprint density at radius 1 is 1.62 bits per heavy atom. The van der Waals surface area contributed by atoms with E-state index in [1.54, 1.807) is 6.20 Å². The molecule has 0 radical (unpaired) electrons. The molecule has 1 saturated heterocycles. The van der Waals surface area contributed by atoms with Crippen LogP contribution >= 0.6 is 0 Å². The molecule has 1 unspecified atom stereocenters. The molecule has 0 amide bonds. The van der Waals surface area contributed by atoms with Gasteiger partial charge in [-0.25, -0.2) is 4.98 Å². The first kappa shape index (κ1) is 8.72. The summed E-state index contributed by atoms with van der Waals surface area (Å²) in [6.07, 6.45) is 6.30. The molecular weight excluding hydrogens is 166 g/mol. The number of ether oxygens (including phenoxy) is 1. The number of hydrogen-bond donors (Lipinski definition) is 2. The maximum atomic E-state index is 5.67. The van der Waals surface area contributed by atoms with E-state index in [0.29, 0.717) is 12.7 Å². The maximum absolute atomic E-state index is 5.67. The van der Waals surface area contributed by atoms with Crippen molar-refractivity contribution in [3.63, 3.8) is 0 Å². The highest BCUT2D eigenvalue weighted by atomic mass is 16.5. The number of hydrogen-bond acceptors (Lipinski definition) is 3. The molecule has 0 aliphatic carbocycles. The number of nitrogens with zero attached hydrogens (tertiary/aromatic N) is 1. The highest BCUT2D eigenvalue weighted by Crippen LogP contribution is 2.07. The molecule has 4 nitrogen and oxygen atoms in total. The van der Waals surface area contributed by atoms with Crippen LogP contribution in [-0.2, 0) is 11.3 Å². The molecule has 0 saturated carbocycles. The van der Waals surface area contributed by atoms with Gasteiger partial charge in [0.05, 0.1) is 6.10 Å². The molecule has 2 heterocycles. The SMILES string of the molecule is c1c[nH]c(COC2CCCNC2)n1. The molecule has 1 aliphatic heterocycles. The molecular formula is C9H15N3O. The third kappa shape index (κ3) is 2.54. The average molecular weight is 181 g/mol. The summed E-state index contributed by atoms with van der Waals surface area (Å²) in [7, 11) is 0. The lowest BCUT2D eigenvalue weighted by Gasteiger charge is -2.22. The first-order valence-electron chi connectivity index (χ1n) is 4.76. The Bertz CT molecular complexity index is 229. The fourth-order valence-corrected chi connectivity index (χ4v) is 1.54. The van der Waals surface area contributed by atoms with Crippen molar-refractivity contribution in [3.8, 4) is 0 Å². The largest absolute Gasteiger partial charge is 0.369 e. The van der Waals surface area contributed by atoms with Gasteiger partial charge in [0.2, 0.25) is 0 Å². The quantitative estimate of drug-likeness (QED) is 0.721. The Labute approximate surface area is 77.7 Å².